The summed E-state index contributed by atoms with van der Waals surface area (Å²) >= 11 is 0. The fourth-order valence-electron chi connectivity index (χ4n) is 1.77. The van der Waals surface area contributed by atoms with Crippen LogP contribution in [-0.4, -0.2) is 41.5 Å². The molecule has 0 aliphatic rings. The van der Waals surface area contributed by atoms with Crippen molar-refractivity contribution in [2.75, 3.05) is 13.6 Å². The monoisotopic (exact) mass is 296 g/mol. The number of nitrogens with zero attached hydrogens (tertiary/aromatic N) is 2. The van der Waals surface area contributed by atoms with Gasteiger partial charge in [-0.1, -0.05) is 19.0 Å². The third kappa shape index (κ3) is 4.56. The van der Waals surface area contributed by atoms with E-state index < -0.39 is 6.04 Å². The van der Waals surface area contributed by atoms with E-state index in [1.165, 1.54) is 4.90 Å². The average Bonchev–Trinajstić information content (AvgIpc) is 2.74. The summed E-state index contributed by atoms with van der Waals surface area (Å²) in [6.07, 6.45) is 0. The van der Waals surface area contributed by atoms with E-state index >= 15 is 0 Å². The molecule has 1 atom stereocenters. The van der Waals surface area contributed by atoms with E-state index in [0.717, 1.165) is 11.3 Å². The van der Waals surface area contributed by atoms with Gasteiger partial charge < -0.3 is 20.5 Å². The molecule has 0 unspecified atom stereocenters. The molecule has 1 aromatic rings. The molecule has 1 aromatic heterocycles. The number of nitrogens with one attached hydrogen (secondary N) is 1. The maximum Gasteiger partial charge on any atom is 0.242 e. The van der Waals surface area contributed by atoms with E-state index in [-0.39, 0.29) is 24.3 Å². The van der Waals surface area contributed by atoms with Crippen molar-refractivity contribution in [3.05, 3.63) is 17.0 Å². The lowest BCUT2D eigenvalue weighted by Crippen LogP contribution is -2.47. The van der Waals surface area contributed by atoms with Gasteiger partial charge in [0, 0.05) is 12.6 Å². The van der Waals surface area contributed by atoms with Gasteiger partial charge in [0.15, 0.2) is 0 Å². The van der Waals surface area contributed by atoms with Crippen molar-refractivity contribution in [1.29, 1.82) is 0 Å². The molecule has 0 bridgehead atoms. The van der Waals surface area contributed by atoms with Crippen LogP contribution in [0, 0.1) is 19.8 Å². The number of hydrogen-bond donors (Lipinski definition) is 2. The first kappa shape index (κ1) is 17.2. The molecule has 7 nitrogen and oxygen atoms in total. The zero-order chi connectivity index (χ0) is 16.2. The Bertz CT molecular complexity index is 491. The van der Waals surface area contributed by atoms with Gasteiger partial charge in [-0.3, -0.25) is 9.59 Å². The van der Waals surface area contributed by atoms with Crippen LogP contribution in [0.1, 0.15) is 30.9 Å². The van der Waals surface area contributed by atoms with Gasteiger partial charge in [-0.2, -0.15) is 0 Å². The van der Waals surface area contributed by atoms with Crippen LogP contribution in [0.4, 0.5) is 0 Å². The summed E-state index contributed by atoms with van der Waals surface area (Å²) in [5.74, 6) is 0.210. The Hall–Kier alpha value is -1.89. The molecule has 1 heterocycles. The fraction of sp³-hybridized carbons (Fsp3) is 0.643. The van der Waals surface area contributed by atoms with Gasteiger partial charge in [0.25, 0.3) is 0 Å². The molecule has 0 fully saturated rings. The van der Waals surface area contributed by atoms with Crippen LogP contribution in [-0.2, 0) is 16.1 Å². The number of aromatic nitrogens is 1. The van der Waals surface area contributed by atoms with Crippen molar-refractivity contribution >= 4 is 11.8 Å². The normalized spacial score (nSPS) is 12.3. The zero-order valence-electron chi connectivity index (χ0n) is 13.3. The van der Waals surface area contributed by atoms with Crippen LogP contribution in [0.15, 0.2) is 4.52 Å². The highest BCUT2D eigenvalue weighted by atomic mass is 16.5. The molecule has 0 spiro atoms. The van der Waals surface area contributed by atoms with Gasteiger partial charge in [0.05, 0.1) is 24.8 Å². The van der Waals surface area contributed by atoms with Gasteiger partial charge in [0.1, 0.15) is 5.76 Å². The van der Waals surface area contributed by atoms with Crippen molar-refractivity contribution in [3.63, 3.8) is 0 Å². The van der Waals surface area contributed by atoms with Crippen molar-refractivity contribution < 1.29 is 14.1 Å². The number of aryl methyl sites for hydroxylation is 2. The number of amides is 2. The van der Waals surface area contributed by atoms with Crippen molar-refractivity contribution in [1.82, 2.24) is 15.4 Å². The third-order valence-corrected chi connectivity index (χ3v) is 3.44. The minimum atomic E-state index is -0.606. The summed E-state index contributed by atoms with van der Waals surface area (Å²) in [6.45, 7) is 7.67. The highest BCUT2D eigenvalue weighted by molar-refractivity contribution is 5.87. The summed E-state index contributed by atoms with van der Waals surface area (Å²) in [5, 5.41) is 6.41. The molecule has 0 aliphatic heterocycles. The first-order valence-electron chi connectivity index (χ1n) is 6.93. The lowest BCUT2D eigenvalue weighted by atomic mass is 10.1. The summed E-state index contributed by atoms with van der Waals surface area (Å²) in [7, 11) is 1.67. The molecule has 0 saturated heterocycles. The molecular weight excluding hydrogens is 272 g/mol. The Morgan fingerprint density at radius 1 is 1.38 bits per heavy atom. The minimum absolute atomic E-state index is 0.0279. The first-order chi connectivity index (χ1) is 9.73. The Labute approximate surface area is 124 Å². The number of hydrogen-bond acceptors (Lipinski definition) is 5. The van der Waals surface area contributed by atoms with E-state index in [1.54, 1.807) is 14.0 Å². The molecular formula is C14H24N4O3. The van der Waals surface area contributed by atoms with Gasteiger partial charge in [-0.15, -0.1) is 0 Å². The van der Waals surface area contributed by atoms with Gasteiger partial charge in [0.2, 0.25) is 11.8 Å². The molecule has 118 valence electrons. The summed E-state index contributed by atoms with van der Waals surface area (Å²) < 4.78 is 5.06. The van der Waals surface area contributed by atoms with E-state index in [2.05, 4.69) is 10.5 Å². The zero-order valence-corrected chi connectivity index (χ0v) is 13.3. The summed E-state index contributed by atoms with van der Waals surface area (Å²) in [4.78, 5) is 25.2. The number of carbonyl (C=O) groups is 2. The Morgan fingerprint density at radius 3 is 2.48 bits per heavy atom. The first-order valence-corrected chi connectivity index (χ1v) is 6.93. The lowest BCUT2D eigenvalue weighted by molar-refractivity contribution is -0.132. The molecule has 2 amide bonds. The molecule has 0 aromatic carbocycles. The second-order valence-corrected chi connectivity index (χ2v) is 5.54. The highest BCUT2D eigenvalue weighted by Gasteiger charge is 2.19. The minimum Gasteiger partial charge on any atom is -0.361 e. The van der Waals surface area contributed by atoms with E-state index in [9.17, 15) is 9.59 Å². The highest BCUT2D eigenvalue weighted by Crippen LogP contribution is 2.14. The van der Waals surface area contributed by atoms with Gasteiger partial charge in [-0.25, -0.2) is 0 Å². The second kappa shape index (κ2) is 7.21. The summed E-state index contributed by atoms with van der Waals surface area (Å²) in [6, 6.07) is -0.606. The largest absolute Gasteiger partial charge is 0.361 e. The van der Waals surface area contributed by atoms with Crippen LogP contribution in [0.2, 0.25) is 0 Å². The van der Waals surface area contributed by atoms with Crippen molar-refractivity contribution in [3.8, 4) is 0 Å². The van der Waals surface area contributed by atoms with Crippen LogP contribution >= 0.6 is 0 Å². The van der Waals surface area contributed by atoms with E-state index in [1.807, 2.05) is 20.8 Å². The number of likely N-dealkylation sites (N-methyl/N-ethyl adjacent to an activating group) is 1. The number of carbonyl (C=O) groups excluding carboxylic acids is 2. The molecule has 0 radical (unpaired) electrons. The maximum atomic E-state index is 12.0. The fourth-order valence-corrected chi connectivity index (χ4v) is 1.77. The maximum absolute atomic E-state index is 12.0. The topological polar surface area (TPSA) is 101 Å². The quantitative estimate of drug-likeness (QED) is 0.788. The smallest absolute Gasteiger partial charge is 0.242 e. The van der Waals surface area contributed by atoms with Gasteiger partial charge >= 0.3 is 0 Å². The number of rotatable bonds is 6. The molecule has 1 rings (SSSR count). The van der Waals surface area contributed by atoms with Crippen molar-refractivity contribution in [2.45, 2.75) is 40.3 Å². The molecule has 21 heavy (non-hydrogen) atoms. The standard InChI is InChI=1S/C14H24N4O3/c1-8(2)13(15)14(20)16-6-12(19)18(5)7-11-9(3)17-21-10(11)4/h8,13H,6-7,15H2,1-5H3,(H,16,20)/t13-/m0/s1. The van der Waals surface area contributed by atoms with Gasteiger partial charge in [-0.05, 0) is 19.8 Å². The third-order valence-electron chi connectivity index (χ3n) is 3.44. The molecule has 0 aliphatic carbocycles. The van der Waals surface area contributed by atoms with Crippen LogP contribution in [0.5, 0.6) is 0 Å². The predicted molar refractivity (Wildman–Crippen MR) is 78.3 cm³/mol. The Kier molecular flexibility index (Phi) is 5.90. The SMILES string of the molecule is Cc1noc(C)c1CN(C)C(=O)CNC(=O)[C@@H](N)C(C)C. The number of nitrogens with two attached hydrogens (primary N) is 1. The lowest BCUT2D eigenvalue weighted by Gasteiger charge is -2.19. The average molecular weight is 296 g/mol. The van der Waals surface area contributed by atoms with Crippen LogP contribution in [0.3, 0.4) is 0 Å². The second-order valence-electron chi connectivity index (χ2n) is 5.54. The van der Waals surface area contributed by atoms with Crippen LogP contribution < -0.4 is 11.1 Å². The van der Waals surface area contributed by atoms with E-state index in [0.29, 0.717) is 12.3 Å². The predicted octanol–water partition coefficient (Wildman–Crippen LogP) is 0.349. The Morgan fingerprint density at radius 2 is 2.00 bits per heavy atom. The molecule has 3 N–H and O–H groups in total. The molecule has 7 heteroatoms. The van der Waals surface area contributed by atoms with E-state index in [4.69, 9.17) is 10.3 Å². The molecule has 0 saturated carbocycles. The van der Waals surface area contributed by atoms with Crippen molar-refractivity contribution in [2.24, 2.45) is 11.7 Å². The van der Waals surface area contributed by atoms with Crippen LogP contribution in [0.25, 0.3) is 0 Å². The summed E-state index contributed by atoms with van der Waals surface area (Å²) in [5.41, 5.74) is 7.36. The Balaban J connectivity index is 2.51.